The van der Waals surface area contributed by atoms with E-state index >= 15 is 0 Å². The molecule has 18 heavy (non-hydrogen) atoms. The largest absolute Gasteiger partial charge is 0.308 e. The van der Waals surface area contributed by atoms with Crippen LogP contribution in [0.1, 0.15) is 0 Å². The third-order valence-corrected chi connectivity index (χ3v) is 2.97. The van der Waals surface area contributed by atoms with E-state index in [-0.39, 0.29) is 0 Å². The fourth-order valence-corrected chi connectivity index (χ4v) is 1.64. The van der Waals surface area contributed by atoms with Crippen molar-refractivity contribution in [2.45, 2.75) is 0 Å². The molecule has 0 fully saturated rings. The van der Waals surface area contributed by atoms with Crippen LogP contribution < -0.4 is 0 Å². The predicted octanol–water partition coefficient (Wildman–Crippen LogP) is 0.529. The number of hydrogen-bond acceptors (Lipinski definition) is 4. The molecule has 0 rings (SSSR count). The Morgan fingerprint density at radius 3 is 1.56 bits per heavy atom. The summed E-state index contributed by atoms with van der Waals surface area (Å²) in [7, 11) is 10.7. The fourth-order valence-electron chi connectivity index (χ4n) is 1.64. The van der Waals surface area contributed by atoms with Gasteiger partial charge in [0.2, 0.25) is 0 Å². The van der Waals surface area contributed by atoms with Gasteiger partial charge in [-0.25, -0.2) is 0 Å². The van der Waals surface area contributed by atoms with Crippen molar-refractivity contribution < 1.29 is 0 Å². The third kappa shape index (κ3) is 10.7. The summed E-state index contributed by atoms with van der Waals surface area (Å²) in [5.41, 5.74) is 0. The first kappa shape index (κ1) is 17.6. The lowest BCUT2D eigenvalue weighted by Gasteiger charge is -2.27. The summed E-state index contributed by atoms with van der Waals surface area (Å²) >= 11 is 0. The van der Waals surface area contributed by atoms with Gasteiger partial charge in [-0.05, 0) is 35.2 Å². The van der Waals surface area contributed by atoms with E-state index < -0.39 is 0 Å². The van der Waals surface area contributed by atoms with Crippen molar-refractivity contribution in [3.8, 4) is 0 Å². The Labute approximate surface area is 114 Å². The average molecular weight is 256 g/mol. The highest BCUT2D eigenvalue weighted by atomic mass is 15.2. The lowest BCUT2D eigenvalue weighted by molar-refractivity contribution is 0.197. The van der Waals surface area contributed by atoms with Crippen molar-refractivity contribution in [2.75, 3.05) is 81.1 Å². The summed E-state index contributed by atoms with van der Waals surface area (Å²) in [6.07, 6.45) is 1.96. The van der Waals surface area contributed by atoms with Crippen LogP contribution in [0.15, 0.2) is 12.7 Å². The molecule has 0 unspecified atom stereocenters. The monoisotopic (exact) mass is 256 g/mol. The molecule has 0 heterocycles. The van der Waals surface area contributed by atoms with Crippen LogP contribution >= 0.6 is 0 Å². The topological polar surface area (TPSA) is 13.0 Å². The number of nitrogens with zero attached hydrogens (tertiary/aromatic N) is 4. The molecule has 0 amide bonds. The summed E-state index contributed by atoms with van der Waals surface area (Å²) in [4.78, 5) is 9.34. The highest BCUT2D eigenvalue weighted by molar-refractivity contribution is 4.72. The van der Waals surface area contributed by atoms with Gasteiger partial charge in [-0.2, -0.15) is 0 Å². The Bertz CT molecular complexity index is 192. The molecule has 0 aromatic heterocycles. The van der Waals surface area contributed by atoms with Gasteiger partial charge in [0.25, 0.3) is 0 Å². The Balaban J connectivity index is 3.98. The standard InChI is InChI=1S/C14H32N4/c1-7-8-17(6)11-14-18(12-9-15(2)3)13-10-16(4)5/h7H,1,8-14H2,2-6H3. The first-order chi connectivity index (χ1) is 8.45. The van der Waals surface area contributed by atoms with Crippen molar-refractivity contribution in [1.29, 1.82) is 0 Å². The van der Waals surface area contributed by atoms with E-state index in [2.05, 4.69) is 61.4 Å². The number of rotatable bonds is 11. The smallest absolute Gasteiger partial charge is 0.0158 e. The third-order valence-electron chi connectivity index (χ3n) is 2.97. The fraction of sp³-hybridized carbons (Fsp3) is 0.857. The van der Waals surface area contributed by atoms with E-state index in [1.165, 1.54) is 0 Å². The quantitative estimate of drug-likeness (QED) is 0.500. The molecule has 4 nitrogen and oxygen atoms in total. The Hall–Kier alpha value is -0.420. The van der Waals surface area contributed by atoms with Crippen LogP contribution in [0.25, 0.3) is 0 Å². The van der Waals surface area contributed by atoms with Gasteiger partial charge in [0.15, 0.2) is 0 Å². The zero-order valence-corrected chi connectivity index (χ0v) is 13.0. The summed E-state index contributed by atoms with van der Waals surface area (Å²) in [5, 5.41) is 0. The molecule has 0 saturated carbocycles. The van der Waals surface area contributed by atoms with Crippen LogP contribution in [-0.2, 0) is 0 Å². The summed E-state index contributed by atoms with van der Waals surface area (Å²) in [6, 6.07) is 0. The van der Waals surface area contributed by atoms with E-state index in [1.54, 1.807) is 0 Å². The maximum Gasteiger partial charge on any atom is 0.0158 e. The summed E-state index contributed by atoms with van der Waals surface area (Å²) in [5.74, 6) is 0. The van der Waals surface area contributed by atoms with E-state index in [4.69, 9.17) is 0 Å². The highest BCUT2D eigenvalue weighted by Gasteiger charge is 2.07. The van der Waals surface area contributed by atoms with Gasteiger partial charge in [-0.15, -0.1) is 6.58 Å². The zero-order valence-electron chi connectivity index (χ0n) is 13.0. The number of likely N-dealkylation sites (N-methyl/N-ethyl adjacent to an activating group) is 3. The minimum atomic E-state index is 0.967. The van der Waals surface area contributed by atoms with Crippen LogP contribution in [-0.4, -0.2) is 101 Å². The summed E-state index contributed by atoms with van der Waals surface area (Å²) < 4.78 is 0. The second kappa shape index (κ2) is 10.5. The van der Waals surface area contributed by atoms with Crippen molar-refractivity contribution >= 4 is 0 Å². The van der Waals surface area contributed by atoms with Gasteiger partial charge in [-0.3, -0.25) is 4.90 Å². The average Bonchev–Trinajstić information content (AvgIpc) is 2.27. The molecule has 4 heteroatoms. The van der Waals surface area contributed by atoms with Gasteiger partial charge in [0, 0.05) is 45.8 Å². The molecule has 0 saturated heterocycles. The molecule has 0 aliphatic heterocycles. The number of hydrogen-bond donors (Lipinski definition) is 0. The van der Waals surface area contributed by atoms with Crippen molar-refractivity contribution in [2.24, 2.45) is 0 Å². The van der Waals surface area contributed by atoms with Gasteiger partial charge < -0.3 is 14.7 Å². The lowest BCUT2D eigenvalue weighted by atomic mass is 10.4. The van der Waals surface area contributed by atoms with E-state index in [0.717, 1.165) is 45.8 Å². The first-order valence-corrected chi connectivity index (χ1v) is 6.77. The normalized spacial score (nSPS) is 12.1. The van der Waals surface area contributed by atoms with Crippen LogP contribution in [0.5, 0.6) is 0 Å². The molecular formula is C14H32N4. The minimum Gasteiger partial charge on any atom is -0.308 e. The minimum absolute atomic E-state index is 0.967. The molecule has 0 radical (unpaired) electrons. The van der Waals surface area contributed by atoms with Crippen LogP contribution in [0.3, 0.4) is 0 Å². The van der Waals surface area contributed by atoms with Gasteiger partial charge in [0.1, 0.15) is 0 Å². The SMILES string of the molecule is C=CCN(C)CCN(CCN(C)C)CCN(C)C. The predicted molar refractivity (Wildman–Crippen MR) is 81.2 cm³/mol. The van der Waals surface area contributed by atoms with E-state index in [1.807, 2.05) is 6.08 Å². The first-order valence-electron chi connectivity index (χ1n) is 6.77. The maximum absolute atomic E-state index is 3.78. The molecule has 0 bridgehead atoms. The molecule has 0 aliphatic rings. The zero-order chi connectivity index (χ0) is 14.0. The van der Waals surface area contributed by atoms with Crippen LogP contribution in [0, 0.1) is 0 Å². The maximum atomic E-state index is 3.78. The molecule has 0 spiro atoms. The highest BCUT2D eigenvalue weighted by Crippen LogP contribution is 1.93. The Morgan fingerprint density at radius 1 is 0.722 bits per heavy atom. The molecule has 0 atom stereocenters. The van der Waals surface area contributed by atoms with Crippen molar-refractivity contribution in [1.82, 2.24) is 19.6 Å². The Kier molecular flexibility index (Phi) is 10.3. The van der Waals surface area contributed by atoms with Gasteiger partial charge in [-0.1, -0.05) is 6.08 Å². The molecule has 0 aromatic carbocycles. The lowest BCUT2D eigenvalue weighted by Crippen LogP contribution is -2.40. The van der Waals surface area contributed by atoms with Crippen LogP contribution in [0.2, 0.25) is 0 Å². The summed E-state index contributed by atoms with van der Waals surface area (Å²) in [6.45, 7) is 11.5. The second-order valence-electron chi connectivity index (χ2n) is 5.50. The molecule has 0 aliphatic carbocycles. The van der Waals surface area contributed by atoms with E-state index in [9.17, 15) is 0 Å². The molecular weight excluding hydrogens is 224 g/mol. The van der Waals surface area contributed by atoms with Crippen LogP contribution in [0.4, 0.5) is 0 Å². The van der Waals surface area contributed by atoms with Crippen molar-refractivity contribution in [3.05, 3.63) is 12.7 Å². The molecule has 108 valence electrons. The van der Waals surface area contributed by atoms with Gasteiger partial charge in [0.05, 0.1) is 0 Å². The molecule has 0 aromatic rings. The second-order valence-corrected chi connectivity index (χ2v) is 5.50. The van der Waals surface area contributed by atoms with E-state index in [0.29, 0.717) is 0 Å². The molecule has 0 N–H and O–H groups in total. The van der Waals surface area contributed by atoms with Crippen molar-refractivity contribution in [3.63, 3.8) is 0 Å². The Morgan fingerprint density at radius 2 is 1.17 bits per heavy atom. The van der Waals surface area contributed by atoms with Gasteiger partial charge >= 0.3 is 0 Å².